The first kappa shape index (κ1) is 31.7. The molecule has 2 heterocycles. The molecule has 5 N–H and O–H groups in total. The van der Waals surface area contributed by atoms with Crippen LogP contribution in [0.2, 0.25) is 10.0 Å². The fourth-order valence-corrected chi connectivity index (χ4v) is 5.58. The SMILES string of the molecule is CC(C)N=c1cc2n(-c3ccc(Cl)cc3)c3ccccc3nc-2c(OC2O[C@H](C(=O)O)[C@@H](O)[C@H](O)[C@H]2O)c1Nc1ccc(Cl)cc1. The quantitative estimate of drug-likeness (QED) is 0.155. The van der Waals surface area contributed by atoms with E-state index >= 15 is 0 Å². The maximum absolute atomic E-state index is 11.9. The Hall–Kier alpha value is -4.23. The number of anilines is 2. The molecule has 5 atom stereocenters. The number of hydrogen-bond donors (Lipinski definition) is 5. The van der Waals surface area contributed by atoms with Crippen molar-refractivity contribution in [1.82, 2.24) is 9.55 Å². The van der Waals surface area contributed by atoms with Crippen molar-refractivity contribution in [1.29, 1.82) is 0 Å². The normalized spacial score (nSPS) is 22.0. The van der Waals surface area contributed by atoms with Crippen LogP contribution in [0.4, 0.5) is 11.4 Å². The Bertz CT molecular complexity index is 1930. The van der Waals surface area contributed by atoms with Crippen molar-refractivity contribution in [2.24, 2.45) is 4.99 Å². The number of aliphatic hydroxyl groups is 3. The molecule has 0 spiro atoms. The number of rotatable bonds is 7. The van der Waals surface area contributed by atoms with Gasteiger partial charge in [-0.25, -0.2) is 9.78 Å². The first-order valence-corrected chi connectivity index (χ1v) is 15.2. The number of fused-ring (bicyclic) bond motifs is 2. The number of halogens is 2. The molecule has 13 heteroatoms. The molecule has 1 saturated heterocycles. The molecule has 1 unspecified atom stereocenters. The minimum Gasteiger partial charge on any atom is -0.479 e. The first-order valence-electron chi connectivity index (χ1n) is 14.4. The fourth-order valence-electron chi connectivity index (χ4n) is 5.32. The van der Waals surface area contributed by atoms with Gasteiger partial charge in [-0.15, -0.1) is 0 Å². The number of nitrogens with zero attached hydrogens (tertiary/aromatic N) is 3. The van der Waals surface area contributed by atoms with Crippen LogP contribution in [0.25, 0.3) is 28.1 Å². The molecule has 46 heavy (non-hydrogen) atoms. The van der Waals surface area contributed by atoms with Gasteiger partial charge in [0.2, 0.25) is 6.29 Å². The van der Waals surface area contributed by atoms with Gasteiger partial charge in [0.25, 0.3) is 0 Å². The summed E-state index contributed by atoms with van der Waals surface area (Å²) >= 11 is 12.4. The number of ether oxygens (including phenoxy) is 2. The summed E-state index contributed by atoms with van der Waals surface area (Å²) in [7, 11) is 0. The van der Waals surface area contributed by atoms with E-state index in [1.807, 2.05) is 60.9 Å². The van der Waals surface area contributed by atoms with Crippen LogP contribution >= 0.6 is 23.2 Å². The largest absolute Gasteiger partial charge is 0.479 e. The highest BCUT2D eigenvalue weighted by molar-refractivity contribution is 6.30. The number of aliphatic hydroxyl groups excluding tert-OH is 3. The second kappa shape index (κ2) is 12.9. The third kappa shape index (κ3) is 6.13. The Morgan fingerprint density at radius 1 is 0.957 bits per heavy atom. The summed E-state index contributed by atoms with van der Waals surface area (Å²) in [4.78, 5) is 21.7. The average molecular weight is 666 g/mol. The van der Waals surface area contributed by atoms with E-state index in [0.717, 1.165) is 11.2 Å². The highest BCUT2D eigenvalue weighted by Gasteiger charge is 2.48. The zero-order valence-electron chi connectivity index (χ0n) is 24.6. The highest BCUT2D eigenvalue weighted by Crippen LogP contribution is 2.41. The van der Waals surface area contributed by atoms with E-state index in [2.05, 4.69) is 5.32 Å². The molecule has 0 amide bonds. The number of aliphatic carboxylic acids is 1. The van der Waals surface area contributed by atoms with Gasteiger partial charge in [0.15, 0.2) is 11.9 Å². The van der Waals surface area contributed by atoms with Crippen molar-refractivity contribution in [3.63, 3.8) is 0 Å². The Balaban J connectivity index is 1.67. The number of aromatic nitrogens is 2. The van der Waals surface area contributed by atoms with Gasteiger partial charge in [-0.3, -0.25) is 4.99 Å². The monoisotopic (exact) mass is 664 g/mol. The number of hydrogen-bond acceptors (Lipinski definition) is 9. The summed E-state index contributed by atoms with van der Waals surface area (Å²) in [5, 5.41) is 46.4. The molecule has 3 aromatic rings. The van der Waals surface area contributed by atoms with Crippen LogP contribution in [-0.4, -0.2) is 72.7 Å². The van der Waals surface area contributed by atoms with Crippen LogP contribution in [0, 0.1) is 0 Å². The second-order valence-corrected chi connectivity index (χ2v) is 12.0. The lowest BCUT2D eigenvalue weighted by Gasteiger charge is -2.39. The molecule has 0 aromatic heterocycles. The molecule has 3 aromatic carbocycles. The molecule has 1 aliphatic carbocycles. The lowest BCUT2D eigenvalue weighted by molar-refractivity contribution is -0.271. The number of carbonyl (C=O) groups is 1. The lowest BCUT2D eigenvalue weighted by Crippen LogP contribution is -2.61. The van der Waals surface area contributed by atoms with Crippen molar-refractivity contribution >= 4 is 51.6 Å². The van der Waals surface area contributed by atoms with Gasteiger partial charge in [-0.1, -0.05) is 35.3 Å². The number of carboxylic acid groups (broad SMARTS) is 1. The van der Waals surface area contributed by atoms with E-state index in [1.54, 1.807) is 36.4 Å². The number of para-hydroxylation sites is 2. The van der Waals surface area contributed by atoms with E-state index in [1.165, 1.54) is 0 Å². The molecule has 3 aliphatic rings. The molecule has 1 fully saturated rings. The Morgan fingerprint density at radius 2 is 1.61 bits per heavy atom. The van der Waals surface area contributed by atoms with Gasteiger partial charge in [0.05, 0.1) is 22.1 Å². The molecule has 6 rings (SSSR count). The molecular formula is C33H30Cl2N4O7. The molecular weight excluding hydrogens is 635 g/mol. The zero-order chi connectivity index (χ0) is 32.7. The van der Waals surface area contributed by atoms with Crippen molar-refractivity contribution < 1.29 is 34.7 Å². The third-order valence-electron chi connectivity index (χ3n) is 7.45. The zero-order valence-corrected chi connectivity index (χ0v) is 26.1. The van der Waals surface area contributed by atoms with E-state index in [9.17, 15) is 25.2 Å². The number of benzene rings is 4. The minimum atomic E-state index is -1.90. The smallest absolute Gasteiger partial charge is 0.335 e. The van der Waals surface area contributed by atoms with Crippen LogP contribution in [0.1, 0.15) is 13.8 Å². The van der Waals surface area contributed by atoms with Gasteiger partial charge >= 0.3 is 5.97 Å². The number of carboxylic acids is 1. The van der Waals surface area contributed by atoms with Crippen molar-refractivity contribution in [3.05, 3.63) is 94.3 Å². The van der Waals surface area contributed by atoms with Crippen molar-refractivity contribution in [2.75, 3.05) is 5.32 Å². The van der Waals surface area contributed by atoms with E-state index in [-0.39, 0.29) is 11.8 Å². The topological polar surface area (TPSA) is 159 Å². The summed E-state index contributed by atoms with van der Waals surface area (Å²) in [5.74, 6) is -1.48. The number of nitrogens with one attached hydrogen (secondary N) is 1. The van der Waals surface area contributed by atoms with Gasteiger partial charge in [-0.2, -0.15) is 0 Å². The maximum atomic E-state index is 11.9. The second-order valence-electron chi connectivity index (χ2n) is 11.1. The predicted molar refractivity (Wildman–Crippen MR) is 173 cm³/mol. The summed E-state index contributed by atoms with van der Waals surface area (Å²) in [6.45, 7) is 3.82. The van der Waals surface area contributed by atoms with Crippen molar-refractivity contribution in [2.45, 2.75) is 50.6 Å². The lowest BCUT2D eigenvalue weighted by atomic mass is 9.99. The maximum Gasteiger partial charge on any atom is 0.335 e. The van der Waals surface area contributed by atoms with Crippen LogP contribution in [0.15, 0.2) is 83.9 Å². The van der Waals surface area contributed by atoms with Crippen LogP contribution in [0.3, 0.4) is 0 Å². The van der Waals surface area contributed by atoms with Crippen LogP contribution in [-0.2, 0) is 9.53 Å². The Morgan fingerprint density at radius 3 is 2.26 bits per heavy atom. The van der Waals surface area contributed by atoms with E-state index in [4.69, 9.17) is 42.7 Å². The minimum absolute atomic E-state index is 0.0529. The standard InChI is InChI=1S/C33H30Cl2N4O7/c1-16(2)36-22-15-24-26(38-21-5-3-4-6-23(21)39(24)20-13-9-18(35)10-14-20)30(25(22)37-19-11-7-17(34)8-12-19)45-33-29(42)27(40)28(41)31(46-33)32(43)44/h3-16,27-29,31,33,37,40-42H,1-2H3,(H,43,44)/t27-,28-,29+,31-,33?/m0/s1. The highest BCUT2D eigenvalue weighted by atomic mass is 35.5. The molecule has 11 nitrogen and oxygen atoms in total. The molecule has 0 saturated carbocycles. The van der Waals surface area contributed by atoms with Gasteiger partial charge in [-0.05, 0) is 80.6 Å². The molecule has 238 valence electrons. The summed E-state index contributed by atoms with van der Waals surface area (Å²) in [6.07, 6.45) is -9.19. The average Bonchev–Trinajstić information content (AvgIpc) is 3.02. The molecule has 0 radical (unpaired) electrons. The van der Waals surface area contributed by atoms with Crippen molar-refractivity contribution in [3.8, 4) is 22.8 Å². The van der Waals surface area contributed by atoms with E-state index in [0.29, 0.717) is 43.7 Å². The van der Waals surface area contributed by atoms with Gasteiger partial charge < -0.3 is 39.8 Å². The molecule has 2 aliphatic heterocycles. The predicted octanol–water partition coefficient (Wildman–Crippen LogP) is 4.76. The van der Waals surface area contributed by atoms with Crippen LogP contribution < -0.4 is 15.4 Å². The summed E-state index contributed by atoms with van der Waals surface area (Å²) in [6, 6.07) is 23.3. The summed E-state index contributed by atoms with van der Waals surface area (Å²) < 4.78 is 13.8. The van der Waals surface area contributed by atoms with Gasteiger partial charge in [0, 0.05) is 27.5 Å². The van der Waals surface area contributed by atoms with Crippen LogP contribution in [0.5, 0.6) is 5.75 Å². The summed E-state index contributed by atoms with van der Waals surface area (Å²) in [5.41, 5.74) is 3.90. The first-order chi connectivity index (χ1) is 22.0. The Labute approximate surface area is 273 Å². The Kier molecular flexibility index (Phi) is 8.88. The fraction of sp³-hybridized carbons (Fsp3) is 0.242. The molecule has 0 bridgehead atoms. The van der Waals surface area contributed by atoms with E-state index < -0.39 is 36.7 Å². The van der Waals surface area contributed by atoms with Gasteiger partial charge in [0.1, 0.15) is 29.7 Å². The third-order valence-corrected chi connectivity index (χ3v) is 7.96.